The number of nitrogens with one attached hydrogen (secondary N) is 1. The van der Waals surface area contributed by atoms with E-state index in [1.54, 1.807) is 29.1 Å². The Morgan fingerprint density at radius 1 is 1.48 bits per heavy atom. The molecule has 1 amide bonds. The summed E-state index contributed by atoms with van der Waals surface area (Å²) in [6.45, 7) is 2.64. The summed E-state index contributed by atoms with van der Waals surface area (Å²) in [5, 5.41) is 7.55. The molecule has 0 bridgehead atoms. The minimum Gasteiger partial charge on any atom is -0.471 e. The molecule has 112 valence electrons. The van der Waals surface area contributed by atoms with Crippen LogP contribution in [0.3, 0.4) is 0 Å². The number of hydrogen-bond acceptors (Lipinski definition) is 4. The SMILES string of the molecule is Cc1cc(OCn2ccc(C(=O)NCCS)n2)ccc1Cl. The molecule has 0 aliphatic carbocycles. The van der Waals surface area contributed by atoms with Crippen molar-refractivity contribution in [2.75, 3.05) is 12.3 Å². The summed E-state index contributed by atoms with van der Waals surface area (Å²) in [5.74, 6) is 1.07. The van der Waals surface area contributed by atoms with Gasteiger partial charge in [-0.15, -0.1) is 0 Å². The number of benzene rings is 1. The molecule has 0 fully saturated rings. The number of aryl methyl sites for hydroxylation is 1. The van der Waals surface area contributed by atoms with Crippen molar-refractivity contribution < 1.29 is 9.53 Å². The van der Waals surface area contributed by atoms with Gasteiger partial charge in [-0.2, -0.15) is 17.7 Å². The molecule has 0 saturated heterocycles. The Morgan fingerprint density at radius 3 is 3.00 bits per heavy atom. The lowest BCUT2D eigenvalue weighted by Gasteiger charge is -2.07. The third-order valence-electron chi connectivity index (χ3n) is 2.76. The van der Waals surface area contributed by atoms with E-state index in [9.17, 15) is 4.79 Å². The van der Waals surface area contributed by atoms with E-state index in [-0.39, 0.29) is 12.6 Å². The van der Waals surface area contributed by atoms with Crippen LogP contribution in [0, 0.1) is 6.92 Å². The molecular formula is C14H16ClN3O2S. The number of aromatic nitrogens is 2. The van der Waals surface area contributed by atoms with Crippen LogP contribution in [0.4, 0.5) is 0 Å². The van der Waals surface area contributed by atoms with E-state index in [1.165, 1.54) is 0 Å². The van der Waals surface area contributed by atoms with E-state index >= 15 is 0 Å². The molecule has 0 aliphatic rings. The van der Waals surface area contributed by atoms with Gasteiger partial charge in [0.2, 0.25) is 0 Å². The Hall–Kier alpha value is -1.66. The van der Waals surface area contributed by atoms with Crippen molar-refractivity contribution in [3.8, 4) is 5.75 Å². The lowest BCUT2D eigenvalue weighted by atomic mass is 10.2. The Morgan fingerprint density at radius 2 is 2.29 bits per heavy atom. The van der Waals surface area contributed by atoms with Crippen molar-refractivity contribution in [2.24, 2.45) is 0 Å². The monoisotopic (exact) mass is 325 g/mol. The average molecular weight is 326 g/mol. The Bertz CT molecular complexity index is 630. The average Bonchev–Trinajstić information content (AvgIpc) is 2.95. The molecule has 0 radical (unpaired) electrons. The maximum Gasteiger partial charge on any atom is 0.271 e. The molecule has 1 heterocycles. The fourth-order valence-electron chi connectivity index (χ4n) is 1.66. The number of rotatable bonds is 6. The van der Waals surface area contributed by atoms with E-state index in [0.717, 1.165) is 5.56 Å². The number of ether oxygens (including phenoxy) is 1. The van der Waals surface area contributed by atoms with Crippen molar-refractivity contribution in [3.05, 3.63) is 46.7 Å². The first-order valence-corrected chi connectivity index (χ1v) is 7.42. The lowest BCUT2D eigenvalue weighted by molar-refractivity contribution is 0.0949. The van der Waals surface area contributed by atoms with Gasteiger partial charge in [-0.1, -0.05) is 11.6 Å². The highest BCUT2D eigenvalue weighted by molar-refractivity contribution is 7.80. The summed E-state index contributed by atoms with van der Waals surface area (Å²) in [7, 11) is 0. The van der Waals surface area contributed by atoms with E-state index in [0.29, 0.717) is 28.8 Å². The third kappa shape index (κ3) is 4.41. The number of carbonyl (C=O) groups excluding carboxylic acids is 1. The molecule has 5 nitrogen and oxygen atoms in total. The molecular weight excluding hydrogens is 310 g/mol. The maximum absolute atomic E-state index is 11.7. The van der Waals surface area contributed by atoms with Crippen molar-refractivity contribution in [1.29, 1.82) is 0 Å². The number of carbonyl (C=O) groups is 1. The second kappa shape index (κ2) is 7.38. The maximum atomic E-state index is 11.7. The van der Waals surface area contributed by atoms with Gasteiger partial charge < -0.3 is 10.1 Å². The van der Waals surface area contributed by atoms with Crippen LogP contribution < -0.4 is 10.1 Å². The number of thiol groups is 1. The van der Waals surface area contributed by atoms with Gasteiger partial charge in [0.25, 0.3) is 5.91 Å². The molecule has 0 spiro atoms. The molecule has 0 unspecified atom stereocenters. The van der Waals surface area contributed by atoms with Crippen LogP contribution >= 0.6 is 24.2 Å². The predicted octanol–water partition coefficient (Wildman–Crippen LogP) is 2.54. The first-order chi connectivity index (χ1) is 10.1. The largest absolute Gasteiger partial charge is 0.471 e. The van der Waals surface area contributed by atoms with Crippen LogP contribution in [-0.2, 0) is 6.73 Å². The second-order valence-electron chi connectivity index (χ2n) is 4.40. The molecule has 2 rings (SSSR count). The highest BCUT2D eigenvalue weighted by Crippen LogP contribution is 2.21. The fourth-order valence-corrected chi connectivity index (χ4v) is 1.89. The van der Waals surface area contributed by atoms with Gasteiger partial charge in [-0.3, -0.25) is 4.79 Å². The minimum atomic E-state index is -0.217. The number of hydrogen-bond donors (Lipinski definition) is 2. The molecule has 2 aromatic rings. The minimum absolute atomic E-state index is 0.217. The topological polar surface area (TPSA) is 56.1 Å². The lowest BCUT2D eigenvalue weighted by Crippen LogP contribution is -2.25. The van der Waals surface area contributed by atoms with Crippen LogP contribution in [0.25, 0.3) is 0 Å². The van der Waals surface area contributed by atoms with Crippen molar-refractivity contribution in [2.45, 2.75) is 13.7 Å². The molecule has 1 N–H and O–H groups in total. The Balaban J connectivity index is 1.93. The second-order valence-corrected chi connectivity index (χ2v) is 5.26. The smallest absolute Gasteiger partial charge is 0.271 e. The van der Waals surface area contributed by atoms with Gasteiger partial charge in [-0.25, -0.2) is 4.68 Å². The predicted molar refractivity (Wildman–Crippen MR) is 85.2 cm³/mol. The zero-order valence-corrected chi connectivity index (χ0v) is 13.2. The summed E-state index contributed by atoms with van der Waals surface area (Å²) >= 11 is 9.99. The Labute approximate surface area is 133 Å². The third-order valence-corrected chi connectivity index (χ3v) is 3.41. The summed E-state index contributed by atoms with van der Waals surface area (Å²) in [6.07, 6.45) is 1.69. The highest BCUT2D eigenvalue weighted by Gasteiger charge is 2.08. The van der Waals surface area contributed by atoms with Gasteiger partial charge in [0.15, 0.2) is 6.73 Å². The molecule has 0 aliphatic heterocycles. The number of halogens is 1. The summed E-state index contributed by atoms with van der Waals surface area (Å²) in [4.78, 5) is 11.7. The van der Waals surface area contributed by atoms with Gasteiger partial charge >= 0.3 is 0 Å². The van der Waals surface area contributed by atoms with Crippen LogP contribution in [-0.4, -0.2) is 28.0 Å². The molecule has 0 atom stereocenters. The molecule has 0 saturated carbocycles. The summed E-state index contributed by atoms with van der Waals surface area (Å²) in [5.41, 5.74) is 1.30. The zero-order valence-electron chi connectivity index (χ0n) is 11.5. The molecule has 21 heavy (non-hydrogen) atoms. The van der Waals surface area contributed by atoms with Crippen LogP contribution in [0.2, 0.25) is 5.02 Å². The quantitative estimate of drug-likeness (QED) is 0.802. The van der Waals surface area contributed by atoms with Crippen molar-refractivity contribution in [3.63, 3.8) is 0 Å². The van der Waals surface area contributed by atoms with Gasteiger partial charge in [-0.05, 0) is 36.8 Å². The van der Waals surface area contributed by atoms with E-state index < -0.39 is 0 Å². The van der Waals surface area contributed by atoms with E-state index in [4.69, 9.17) is 16.3 Å². The van der Waals surface area contributed by atoms with Gasteiger partial charge in [0, 0.05) is 23.5 Å². The zero-order chi connectivity index (χ0) is 15.2. The molecule has 1 aromatic carbocycles. The first kappa shape index (κ1) is 15.7. The van der Waals surface area contributed by atoms with Crippen molar-refractivity contribution >= 4 is 30.1 Å². The number of amides is 1. The normalized spacial score (nSPS) is 10.4. The molecule has 7 heteroatoms. The van der Waals surface area contributed by atoms with Crippen LogP contribution in [0.5, 0.6) is 5.75 Å². The van der Waals surface area contributed by atoms with Crippen molar-refractivity contribution in [1.82, 2.24) is 15.1 Å². The molecule has 1 aromatic heterocycles. The summed E-state index contributed by atoms with van der Waals surface area (Å²) < 4.78 is 7.16. The fraction of sp³-hybridized carbons (Fsp3) is 0.286. The standard InChI is InChI=1S/C14H16ClN3O2S/c1-10-8-11(2-3-12(10)15)20-9-18-6-4-13(17-18)14(19)16-5-7-21/h2-4,6,8,21H,5,7,9H2,1H3,(H,16,19). The summed E-state index contributed by atoms with van der Waals surface area (Å²) in [6, 6.07) is 7.07. The van der Waals surface area contributed by atoms with Crippen LogP contribution in [0.1, 0.15) is 16.1 Å². The van der Waals surface area contributed by atoms with E-state index in [1.807, 2.05) is 13.0 Å². The Kier molecular flexibility index (Phi) is 5.52. The van der Waals surface area contributed by atoms with Crippen LogP contribution in [0.15, 0.2) is 30.5 Å². The van der Waals surface area contributed by atoms with E-state index in [2.05, 4.69) is 23.0 Å². The highest BCUT2D eigenvalue weighted by atomic mass is 35.5. The number of nitrogens with zero attached hydrogens (tertiary/aromatic N) is 2. The van der Waals surface area contributed by atoms with Gasteiger partial charge in [0.05, 0.1) is 0 Å². The van der Waals surface area contributed by atoms with Gasteiger partial charge in [0.1, 0.15) is 11.4 Å². The first-order valence-electron chi connectivity index (χ1n) is 6.41.